The monoisotopic (exact) mass is 519 g/mol. The number of halogens is 1. The summed E-state index contributed by atoms with van der Waals surface area (Å²) in [6.45, 7) is 4.42. The number of pyridine rings is 1. The van der Waals surface area contributed by atoms with E-state index in [0.717, 1.165) is 29.8 Å². The maximum atomic E-state index is 13.6. The standard InChI is InChI=1S/C28H26ClN3O5/c29-21-3-1-18(2-4-21)13-30-28(34)23-15-32-16-25(20-5-8-36-17-20)37-24-12-19(11-22(26(24)32)27(23)33)14-31-6-9-35-10-7-31/h1-5,8,11-12,15,17,25H,6-7,9-10,13-14,16H2,(H,30,34). The summed E-state index contributed by atoms with van der Waals surface area (Å²) in [5.41, 5.74) is 3.23. The van der Waals surface area contributed by atoms with Crippen LogP contribution in [0.4, 0.5) is 0 Å². The van der Waals surface area contributed by atoms with Crippen molar-refractivity contribution in [3.8, 4) is 5.75 Å². The molecule has 37 heavy (non-hydrogen) atoms. The lowest BCUT2D eigenvalue weighted by Gasteiger charge is -2.30. The van der Waals surface area contributed by atoms with Crippen LogP contribution in [-0.2, 0) is 24.4 Å². The summed E-state index contributed by atoms with van der Waals surface area (Å²) in [4.78, 5) is 29.1. The van der Waals surface area contributed by atoms with Gasteiger partial charge in [-0.3, -0.25) is 14.5 Å². The lowest BCUT2D eigenvalue weighted by atomic mass is 10.0. The van der Waals surface area contributed by atoms with Gasteiger partial charge in [-0.1, -0.05) is 23.7 Å². The lowest BCUT2D eigenvalue weighted by molar-refractivity contribution is 0.0341. The summed E-state index contributed by atoms with van der Waals surface area (Å²) in [5, 5.41) is 3.98. The Morgan fingerprint density at radius 2 is 1.89 bits per heavy atom. The summed E-state index contributed by atoms with van der Waals surface area (Å²) < 4.78 is 19.1. The smallest absolute Gasteiger partial charge is 0.257 e. The number of rotatable bonds is 6. The first kappa shape index (κ1) is 23.8. The molecule has 2 aliphatic heterocycles. The minimum absolute atomic E-state index is 0.101. The second kappa shape index (κ2) is 10.0. The molecule has 190 valence electrons. The number of ether oxygens (including phenoxy) is 2. The Morgan fingerprint density at radius 1 is 1.08 bits per heavy atom. The van der Waals surface area contributed by atoms with Crippen LogP contribution >= 0.6 is 11.6 Å². The van der Waals surface area contributed by atoms with Crippen LogP contribution in [0.3, 0.4) is 0 Å². The van der Waals surface area contributed by atoms with Crippen molar-refractivity contribution in [2.24, 2.45) is 0 Å². The first-order valence-electron chi connectivity index (χ1n) is 12.3. The molecule has 1 fully saturated rings. The van der Waals surface area contributed by atoms with E-state index in [1.807, 2.05) is 34.9 Å². The number of nitrogens with zero attached hydrogens (tertiary/aromatic N) is 2. The fourth-order valence-electron chi connectivity index (χ4n) is 4.94. The number of carbonyl (C=O) groups excluding carboxylic acids is 1. The fourth-order valence-corrected chi connectivity index (χ4v) is 5.07. The first-order chi connectivity index (χ1) is 18.0. The molecule has 0 radical (unpaired) electrons. The number of amides is 1. The van der Waals surface area contributed by atoms with E-state index >= 15 is 0 Å². The molecule has 4 heterocycles. The van der Waals surface area contributed by atoms with E-state index in [1.54, 1.807) is 30.9 Å². The average molecular weight is 520 g/mol. The highest BCUT2D eigenvalue weighted by atomic mass is 35.5. The van der Waals surface area contributed by atoms with Gasteiger partial charge in [0.2, 0.25) is 5.43 Å². The van der Waals surface area contributed by atoms with Crippen molar-refractivity contribution >= 4 is 28.4 Å². The van der Waals surface area contributed by atoms with Gasteiger partial charge in [0.25, 0.3) is 5.91 Å². The van der Waals surface area contributed by atoms with Gasteiger partial charge in [-0.25, -0.2) is 0 Å². The highest BCUT2D eigenvalue weighted by molar-refractivity contribution is 6.30. The first-order valence-corrected chi connectivity index (χ1v) is 12.6. The molecule has 1 saturated heterocycles. The largest absolute Gasteiger partial charge is 0.482 e. The number of nitrogens with one attached hydrogen (secondary N) is 1. The van der Waals surface area contributed by atoms with Crippen LogP contribution in [0.25, 0.3) is 10.9 Å². The summed E-state index contributed by atoms with van der Waals surface area (Å²) in [6, 6.07) is 13.0. The predicted molar refractivity (Wildman–Crippen MR) is 139 cm³/mol. The van der Waals surface area contributed by atoms with E-state index in [4.69, 9.17) is 25.5 Å². The molecule has 2 aliphatic rings. The number of aromatic nitrogens is 1. The molecule has 1 atom stereocenters. The molecule has 0 aliphatic carbocycles. The zero-order valence-corrected chi connectivity index (χ0v) is 20.9. The van der Waals surface area contributed by atoms with Crippen LogP contribution in [-0.4, -0.2) is 41.7 Å². The Kier molecular flexibility index (Phi) is 6.46. The SMILES string of the molecule is O=C(NCc1ccc(Cl)cc1)c1cn2c3c(cc(CN4CCOCC4)cc3c1=O)OC(c1ccoc1)C2. The van der Waals surface area contributed by atoms with Gasteiger partial charge < -0.3 is 23.8 Å². The van der Waals surface area contributed by atoms with Crippen molar-refractivity contribution in [3.63, 3.8) is 0 Å². The maximum absolute atomic E-state index is 13.6. The molecule has 8 nitrogen and oxygen atoms in total. The number of morpholine rings is 1. The third-order valence-corrected chi connectivity index (χ3v) is 7.12. The van der Waals surface area contributed by atoms with Gasteiger partial charge in [0.15, 0.2) is 0 Å². The van der Waals surface area contributed by atoms with E-state index < -0.39 is 5.91 Å². The Morgan fingerprint density at radius 3 is 2.65 bits per heavy atom. The Bertz CT molecular complexity index is 1490. The molecule has 0 spiro atoms. The van der Waals surface area contributed by atoms with Crippen molar-refractivity contribution in [2.45, 2.75) is 25.7 Å². The molecule has 2 aromatic carbocycles. The Hall–Kier alpha value is -3.59. The predicted octanol–water partition coefficient (Wildman–Crippen LogP) is 4.14. The molecule has 9 heteroatoms. The number of furan rings is 1. The average Bonchev–Trinajstić information content (AvgIpc) is 3.45. The highest BCUT2D eigenvalue weighted by Gasteiger charge is 2.27. The third kappa shape index (κ3) is 4.87. The number of carbonyl (C=O) groups is 1. The number of hydrogen-bond donors (Lipinski definition) is 1. The van der Waals surface area contributed by atoms with Crippen LogP contribution in [0.1, 0.15) is 33.2 Å². The van der Waals surface area contributed by atoms with Gasteiger partial charge in [0.1, 0.15) is 17.4 Å². The quantitative estimate of drug-likeness (QED) is 0.412. The van der Waals surface area contributed by atoms with Crippen LogP contribution in [0, 0.1) is 0 Å². The van der Waals surface area contributed by atoms with Gasteiger partial charge in [0, 0.05) is 43.0 Å². The van der Waals surface area contributed by atoms with Crippen molar-refractivity contribution in [3.05, 3.63) is 98.7 Å². The van der Waals surface area contributed by atoms with E-state index in [9.17, 15) is 9.59 Å². The second-order valence-electron chi connectivity index (χ2n) is 9.38. The fraction of sp³-hybridized carbons (Fsp3) is 0.286. The van der Waals surface area contributed by atoms with E-state index in [0.29, 0.717) is 48.0 Å². The van der Waals surface area contributed by atoms with Crippen molar-refractivity contribution in [1.29, 1.82) is 0 Å². The van der Waals surface area contributed by atoms with Crippen molar-refractivity contribution in [2.75, 3.05) is 26.3 Å². The molecule has 1 unspecified atom stereocenters. The van der Waals surface area contributed by atoms with Gasteiger partial charge in [0.05, 0.1) is 43.2 Å². The lowest BCUT2D eigenvalue weighted by Crippen LogP contribution is -2.35. The zero-order valence-electron chi connectivity index (χ0n) is 20.1. The third-order valence-electron chi connectivity index (χ3n) is 6.86. The van der Waals surface area contributed by atoms with Crippen LogP contribution in [0.15, 0.2) is 70.4 Å². The Labute approximate surface area is 218 Å². The number of benzene rings is 2. The normalized spacial score (nSPS) is 17.5. The van der Waals surface area contributed by atoms with Crippen molar-refractivity contribution < 1.29 is 18.7 Å². The topological polar surface area (TPSA) is 85.9 Å². The maximum Gasteiger partial charge on any atom is 0.257 e. The zero-order chi connectivity index (χ0) is 25.4. The van der Waals surface area contributed by atoms with Crippen LogP contribution in [0.5, 0.6) is 5.75 Å². The molecule has 2 aromatic heterocycles. The van der Waals surface area contributed by atoms with Gasteiger partial charge in [-0.2, -0.15) is 0 Å². The Balaban J connectivity index is 1.38. The molecule has 6 rings (SSSR count). The van der Waals surface area contributed by atoms with E-state index in [-0.39, 0.29) is 23.6 Å². The molecule has 1 N–H and O–H groups in total. The molecule has 4 aromatic rings. The minimum Gasteiger partial charge on any atom is -0.482 e. The van der Waals surface area contributed by atoms with E-state index in [1.165, 1.54) is 0 Å². The number of hydrogen-bond acceptors (Lipinski definition) is 6. The summed E-state index contributed by atoms with van der Waals surface area (Å²) >= 11 is 5.96. The second-order valence-corrected chi connectivity index (χ2v) is 9.81. The van der Waals surface area contributed by atoms with Gasteiger partial charge in [-0.15, -0.1) is 0 Å². The van der Waals surface area contributed by atoms with Crippen molar-refractivity contribution in [1.82, 2.24) is 14.8 Å². The van der Waals surface area contributed by atoms with E-state index in [2.05, 4.69) is 10.2 Å². The summed E-state index contributed by atoms with van der Waals surface area (Å²) in [5.74, 6) is 0.209. The molecule has 0 bridgehead atoms. The van der Waals surface area contributed by atoms with Crippen LogP contribution < -0.4 is 15.5 Å². The molecular weight excluding hydrogens is 494 g/mol. The molecule has 0 saturated carbocycles. The summed E-state index contributed by atoms with van der Waals surface area (Å²) in [7, 11) is 0. The van der Waals surface area contributed by atoms with Gasteiger partial charge >= 0.3 is 0 Å². The molecular formula is C28H26ClN3O5. The minimum atomic E-state index is -0.419. The highest BCUT2D eigenvalue weighted by Crippen LogP contribution is 2.36. The summed E-state index contributed by atoms with van der Waals surface area (Å²) in [6.07, 6.45) is 4.61. The molecule has 1 amide bonds. The van der Waals surface area contributed by atoms with Gasteiger partial charge in [-0.05, 0) is 41.5 Å². The van der Waals surface area contributed by atoms with Crippen LogP contribution in [0.2, 0.25) is 5.02 Å².